The van der Waals surface area contributed by atoms with Gasteiger partial charge in [0.25, 0.3) is 0 Å². The van der Waals surface area contributed by atoms with E-state index in [1.54, 1.807) is 13.2 Å². The summed E-state index contributed by atoms with van der Waals surface area (Å²) in [5.41, 5.74) is 0. The molecule has 0 aromatic carbocycles. The molecular formula is C12H18Cl2N2O3. The van der Waals surface area contributed by atoms with Gasteiger partial charge in [-0.25, -0.2) is 0 Å². The quantitative estimate of drug-likeness (QED) is 0.711. The van der Waals surface area contributed by atoms with Gasteiger partial charge in [0.2, 0.25) is 5.88 Å². The minimum Gasteiger partial charge on any atom is -0.474 e. The van der Waals surface area contributed by atoms with E-state index in [2.05, 4.69) is 10.3 Å². The Labute approximate surface area is 123 Å². The van der Waals surface area contributed by atoms with Crippen LogP contribution in [0.4, 0.5) is 5.82 Å². The van der Waals surface area contributed by atoms with E-state index < -0.39 is 0 Å². The maximum Gasteiger partial charge on any atom is 0.234 e. The van der Waals surface area contributed by atoms with Gasteiger partial charge in [-0.05, 0) is 13.0 Å². The smallest absolute Gasteiger partial charge is 0.234 e. The molecule has 0 aliphatic heterocycles. The largest absolute Gasteiger partial charge is 0.474 e. The molecule has 1 heterocycles. The molecule has 1 N–H and O–H groups in total. The Hall–Kier alpha value is -0.750. The van der Waals surface area contributed by atoms with E-state index in [9.17, 15) is 0 Å². The molecule has 0 atom stereocenters. The number of aromatic nitrogens is 1. The van der Waals surface area contributed by atoms with Crippen LogP contribution in [0.25, 0.3) is 0 Å². The van der Waals surface area contributed by atoms with E-state index in [0.717, 1.165) is 0 Å². The van der Waals surface area contributed by atoms with E-state index in [0.29, 0.717) is 54.7 Å². The predicted octanol–water partition coefficient (Wildman–Crippen LogP) is 2.86. The van der Waals surface area contributed by atoms with Gasteiger partial charge in [0.05, 0.1) is 24.8 Å². The molecule has 0 saturated heterocycles. The van der Waals surface area contributed by atoms with Crippen LogP contribution in [0.1, 0.15) is 6.92 Å². The van der Waals surface area contributed by atoms with Crippen molar-refractivity contribution >= 4 is 29.0 Å². The monoisotopic (exact) mass is 308 g/mol. The molecule has 5 nitrogen and oxygen atoms in total. The molecule has 1 aromatic rings. The Morgan fingerprint density at radius 3 is 2.58 bits per heavy atom. The summed E-state index contributed by atoms with van der Waals surface area (Å²) in [6, 6.07) is 1.61. The van der Waals surface area contributed by atoms with E-state index in [-0.39, 0.29) is 0 Å². The van der Waals surface area contributed by atoms with Crippen LogP contribution in [0.3, 0.4) is 0 Å². The fraction of sp³-hybridized carbons (Fsp3) is 0.583. The number of nitrogens with zero attached hydrogens (tertiary/aromatic N) is 1. The lowest BCUT2D eigenvalue weighted by molar-refractivity contribution is 0.0537. The lowest BCUT2D eigenvalue weighted by atomic mass is 10.4. The van der Waals surface area contributed by atoms with Gasteiger partial charge >= 0.3 is 0 Å². The van der Waals surface area contributed by atoms with Crippen LogP contribution < -0.4 is 10.1 Å². The molecule has 0 aliphatic carbocycles. The highest BCUT2D eigenvalue weighted by atomic mass is 35.5. The molecule has 0 amide bonds. The number of anilines is 1. The average Bonchev–Trinajstić information content (AvgIpc) is 2.38. The van der Waals surface area contributed by atoms with Crippen LogP contribution >= 0.6 is 23.2 Å². The summed E-state index contributed by atoms with van der Waals surface area (Å²) in [4.78, 5) is 4.22. The summed E-state index contributed by atoms with van der Waals surface area (Å²) in [5.74, 6) is 0.904. The number of ether oxygens (including phenoxy) is 3. The number of methoxy groups -OCH3 is 1. The zero-order chi connectivity index (χ0) is 14.1. The van der Waals surface area contributed by atoms with Crippen molar-refractivity contribution in [3.8, 4) is 5.88 Å². The summed E-state index contributed by atoms with van der Waals surface area (Å²) < 4.78 is 15.6. The van der Waals surface area contributed by atoms with E-state index in [1.165, 1.54) is 0 Å². The number of hydrogen-bond acceptors (Lipinski definition) is 5. The molecule has 0 radical (unpaired) electrons. The minimum absolute atomic E-state index is 0.345. The molecule has 0 aliphatic rings. The lowest BCUT2D eigenvalue weighted by Gasteiger charge is -2.11. The van der Waals surface area contributed by atoms with Crippen molar-refractivity contribution in [3.05, 3.63) is 16.1 Å². The van der Waals surface area contributed by atoms with Gasteiger partial charge in [0.15, 0.2) is 0 Å². The topological polar surface area (TPSA) is 52.6 Å². The highest BCUT2D eigenvalue weighted by Gasteiger charge is 2.09. The number of pyridine rings is 1. The Kier molecular flexibility index (Phi) is 7.90. The van der Waals surface area contributed by atoms with Crippen molar-refractivity contribution in [1.82, 2.24) is 4.98 Å². The molecule has 1 rings (SSSR count). The first-order valence-electron chi connectivity index (χ1n) is 5.98. The Balaban J connectivity index is 2.46. The predicted molar refractivity (Wildman–Crippen MR) is 76.6 cm³/mol. The van der Waals surface area contributed by atoms with Gasteiger partial charge in [0.1, 0.15) is 17.4 Å². The molecule has 1 aromatic heterocycles. The third-order valence-corrected chi connectivity index (χ3v) is 2.70. The Bertz CT molecular complexity index is 391. The van der Waals surface area contributed by atoms with Gasteiger partial charge in [0, 0.05) is 13.7 Å². The molecular weight excluding hydrogens is 291 g/mol. The summed E-state index contributed by atoms with van der Waals surface area (Å²) in [6.07, 6.45) is 0. The Morgan fingerprint density at radius 2 is 1.89 bits per heavy atom. The highest BCUT2D eigenvalue weighted by Crippen LogP contribution is 2.30. The molecule has 0 fully saturated rings. The van der Waals surface area contributed by atoms with Gasteiger partial charge in [-0.1, -0.05) is 23.2 Å². The molecule has 19 heavy (non-hydrogen) atoms. The maximum absolute atomic E-state index is 6.00. The van der Waals surface area contributed by atoms with Crippen molar-refractivity contribution in [2.24, 2.45) is 0 Å². The van der Waals surface area contributed by atoms with Crippen molar-refractivity contribution < 1.29 is 14.2 Å². The SMILES string of the molecule is CCNc1nc(OCCOCCOC)c(Cl)cc1Cl. The van der Waals surface area contributed by atoms with E-state index >= 15 is 0 Å². The second-order valence-corrected chi connectivity index (χ2v) is 4.40. The first kappa shape index (κ1) is 16.3. The van der Waals surface area contributed by atoms with Crippen LogP contribution in [0.5, 0.6) is 5.88 Å². The third-order valence-electron chi connectivity index (χ3n) is 2.14. The molecule has 0 unspecified atom stereocenters. The van der Waals surface area contributed by atoms with Gasteiger partial charge in [-0.2, -0.15) is 4.98 Å². The van der Waals surface area contributed by atoms with E-state index in [1.807, 2.05) is 6.92 Å². The minimum atomic E-state index is 0.345. The lowest BCUT2D eigenvalue weighted by Crippen LogP contribution is -2.11. The van der Waals surface area contributed by atoms with Gasteiger partial charge in [-0.3, -0.25) is 0 Å². The number of halogens is 2. The fourth-order valence-electron chi connectivity index (χ4n) is 1.28. The van der Waals surface area contributed by atoms with Crippen LogP contribution in [-0.2, 0) is 9.47 Å². The zero-order valence-corrected chi connectivity index (χ0v) is 12.6. The van der Waals surface area contributed by atoms with Crippen molar-refractivity contribution in [1.29, 1.82) is 0 Å². The second kappa shape index (κ2) is 9.20. The molecule has 0 bridgehead atoms. The summed E-state index contributed by atoms with van der Waals surface area (Å²) >= 11 is 12.0. The average molecular weight is 309 g/mol. The van der Waals surface area contributed by atoms with E-state index in [4.69, 9.17) is 37.4 Å². The number of rotatable bonds is 9. The van der Waals surface area contributed by atoms with Crippen molar-refractivity contribution in [2.45, 2.75) is 6.92 Å². The van der Waals surface area contributed by atoms with Gasteiger partial charge < -0.3 is 19.5 Å². The molecule has 108 valence electrons. The Morgan fingerprint density at radius 1 is 1.16 bits per heavy atom. The maximum atomic E-state index is 6.00. The summed E-state index contributed by atoms with van der Waals surface area (Å²) in [7, 11) is 1.62. The normalized spacial score (nSPS) is 10.5. The standard InChI is InChI=1S/C12H18Cl2N2O3/c1-3-15-11-9(13)8-10(14)12(16-11)19-7-6-18-5-4-17-2/h8H,3-7H2,1-2H3,(H,15,16). The fourth-order valence-corrected chi connectivity index (χ4v) is 1.76. The van der Waals surface area contributed by atoms with Crippen molar-refractivity contribution in [3.63, 3.8) is 0 Å². The summed E-state index contributed by atoms with van der Waals surface area (Å²) in [5, 5.41) is 3.88. The number of hydrogen-bond donors (Lipinski definition) is 1. The first-order valence-corrected chi connectivity index (χ1v) is 6.74. The van der Waals surface area contributed by atoms with Crippen LogP contribution in [-0.4, -0.2) is 45.1 Å². The molecule has 0 saturated carbocycles. The van der Waals surface area contributed by atoms with Crippen molar-refractivity contribution in [2.75, 3.05) is 45.4 Å². The van der Waals surface area contributed by atoms with Crippen LogP contribution in [0.15, 0.2) is 6.07 Å². The summed E-state index contributed by atoms with van der Waals surface area (Å²) in [6.45, 7) is 4.57. The molecule has 0 spiro atoms. The highest BCUT2D eigenvalue weighted by molar-refractivity contribution is 6.36. The zero-order valence-electron chi connectivity index (χ0n) is 11.0. The third kappa shape index (κ3) is 5.82. The second-order valence-electron chi connectivity index (χ2n) is 3.59. The van der Waals surface area contributed by atoms with Gasteiger partial charge in [-0.15, -0.1) is 0 Å². The number of nitrogens with one attached hydrogen (secondary N) is 1. The van der Waals surface area contributed by atoms with Crippen LogP contribution in [0.2, 0.25) is 10.0 Å². The first-order chi connectivity index (χ1) is 9.19. The van der Waals surface area contributed by atoms with Crippen LogP contribution in [0, 0.1) is 0 Å². The molecule has 7 heteroatoms.